The highest BCUT2D eigenvalue weighted by atomic mass is 32.1. The Labute approximate surface area is 282 Å². The van der Waals surface area contributed by atoms with Gasteiger partial charge in [-0.2, -0.15) is 0 Å². The Morgan fingerprint density at radius 3 is 2.15 bits per heavy atom. The summed E-state index contributed by atoms with van der Waals surface area (Å²) in [6.45, 7) is 4.67. The van der Waals surface area contributed by atoms with Crippen LogP contribution in [0.15, 0.2) is 150 Å². The number of rotatable bonds is 4. The van der Waals surface area contributed by atoms with Gasteiger partial charge in [0.05, 0.1) is 0 Å². The molecule has 0 aliphatic heterocycles. The lowest BCUT2D eigenvalue weighted by Crippen LogP contribution is -2.15. The Bertz CT molecular complexity index is 2720. The fraction of sp³-hybridized carbons (Fsp3) is 0.0682. The molecule has 9 aromatic rings. The Morgan fingerprint density at radius 1 is 0.562 bits per heavy atom. The van der Waals surface area contributed by atoms with E-state index in [-0.39, 0.29) is 5.41 Å². The van der Waals surface area contributed by atoms with Gasteiger partial charge < -0.3 is 9.32 Å². The van der Waals surface area contributed by atoms with Crippen molar-refractivity contribution in [1.29, 1.82) is 0 Å². The minimum Gasteiger partial charge on any atom is -0.435 e. The van der Waals surface area contributed by atoms with E-state index in [1.165, 1.54) is 42.4 Å². The van der Waals surface area contributed by atoms with E-state index in [4.69, 9.17) is 9.40 Å². The SMILES string of the molecule is CC1(C)c2ccccc2-c2cc(N(c3ccc4c(ccc5nc(-c6ccccc6)oc54)c3)c3ccc4c(c3)sc3ccccc34)ccc21. The van der Waals surface area contributed by atoms with Crippen molar-refractivity contribution in [3.05, 3.63) is 157 Å². The van der Waals surface area contributed by atoms with E-state index >= 15 is 0 Å². The molecule has 0 spiro atoms. The van der Waals surface area contributed by atoms with E-state index in [2.05, 4.69) is 134 Å². The minimum atomic E-state index is -0.0464. The Balaban J connectivity index is 1.17. The van der Waals surface area contributed by atoms with Crippen LogP contribution in [-0.4, -0.2) is 4.98 Å². The molecule has 48 heavy (non-hydrogen) atoms. The summed E-state index contributed by atoms with van der Waals surface area (Å²) in [6, 6.07) is 52.5. The van der Waals surface area contributed by atoms with Crippen LogP contribution in [0, 0.1) is 0 Å². The molecule has 0 saturated carbocycles. The average Bonchev–Trinajstić information content (AvgIpc) is 3.79. The summed E-state index contributed by atoms with van der Waals surface area (Å²) in [5.41, 5.74) is 11.3. The maximum absolute atomic E-state index is 6.39. The molecule has 2 aromatic heterocycles. The van der Waals surface area contributed by atoms with Crippen molar-refractivity contribution < 1.29 is 4.42 Å². The zero-order valence-electron chi connectivity index (χ0n) is 26.6. The van der Waals surface area contributed by atoms with Gasteiger partial charge in [0.15, 0.2) is 5.58 Å². The molecule has 1 aliphatic carbocycles. The first-order valence-electron chi connectivity index (χ1n) is 16.4. The summed E-state index contributed by atoms with van der Waals surface area (Å²) in [5.74, 6) is 0.641. The molecule has 1 aliphatic rings. The van der Waals surface area contributed by atoms with Crippen molar-refractivity contribution >= 4 is 70.4 Å². The van der Waals surface area contributed by atoms with Gasteiger partial charge in [-0.1, -0.05) is 92.7 Å². The molecular formula is C44H30N2OS. The molecule has 0 N–H and O–H groups in total. The van der Waals surface area contributed by atoms with E-state index in [0.717, 1.165) is 44.5 Å². The molecule has 0 radical (unpaired) electrons. The second-order valence-corrected chi connectivity index (χ2v) is 14.3. The van der Waals surface area contributed by atoms with Crippen molar-refractivity contribution in [3.63, 3.8) is 0 Å². The summed E-state index contributed by atoms with van der Waals surface area (Å²) >= 11 is 1.85. The lowest BCUT2D eigenvalue weighted by molar-refractivity contribution is 0.623. The van der Waals surface area contributed by atoms with Gasteiger partial charge in [0.25, 0.3) is 0 Å². The van der Waals surface area contributed by atoms with Crippen molar-refractivity contribution in [2.75, 3.05) is 4.90 Å². The number of hydrogen-bond donors (Lipinski definition) is 0. The molecule has 3 nitrogen and oxygen atoms in total. The quantitative estimate of drug-likeness (QED) is 0.193. The van der Waals surface area contributed by atoms with Gasteiger partial charge in [-0.3, -0.25) is 0 Å². The third-order valence-corrected chi connectivity index (χ3v) is 11.2. The molecule has 0 fully saturated rings. The second-order valence-electron chi connectivity index (χ2n) is 13.2. The highest BCUT2D eigenvalue weighted by molar-refractivity contribution is 7.25. The van der Waals surface area contributed by atoms with Crippen LogP contribution in [0.3, 0.4) is 0 Å². The highest BCUT2D eigenvalue weighted by Gasteiger charge is 2.35. The Morgan fingerprint density at radius 2 is 1.25 bits per heavy atom. The zero-order valence-corrected chi connectivity index (χ0v) is 27.4. The van der Waals surface area contributed by atoms with Gasteiger partial charge in [-0.25, -0.2) is 4.98 Å². The smallest absolute Gasteiger partial charge is 0.227 e. The largest absolute Gasteiger partial charge is 0.435 e. The number of fused-ring (bicyclic) bond motifs is 9. The second kappa shape index (κ2) is 10.1. The number of nitrogens with zero attached hydrogens (tertiary/aromatic N) is 2. The molecule has 228 valence electrons. The molecule has 10 rings (SSSR count). The lowest BCUT2D eigenvalue weighted by atomic mass is 9.82. The number of anilines is 3. The molecule has 2 heterocycles. The number of benzene rings is 7. The molecule has 4 heteroatoms. The van der Waals surface area contributed by atoms with E-state index < -0.39 is 0 Å². The van der Waals surface area contributed by atoms with Crippen LogP contribution in [0.25, 0.3) is 64.6 Å². The van der Waals surface area contributed by atoms with Crippen molar-refractivity contribution in [2.45, 2.75) is 19.3 Å². The van der Waals surface area contributed by atoms with E-state index in [1.807, 2.05) is 41.7 Å². The molecule has 7 aromatic carbocycles. The highest BCUT2D eigenvalue weighted by Crippen LogP contribution is 2.51. The number of aromatic nitrogens is 1. The first kappa shape index (κ1) is 27.4. The van der Waals surface area contributed by atoms with Crippen LogP contribution in [0.2, 0.25) is 0 Å². The molecule has 0 saturated heterocycles. The summed E-state index contributed by atoms with van der Waals surface area (Å²) in [7, 11) is 0. The van der Waals surface area contributed by atoms with E-state index in [0.29, 0.717) is 5.89 Å². The normalized spacial score (nSPS) is 13.4. The van der Waals surface area contributed by atoms with Crippen LogP contribution >= 0.6 is 11.3 Å². The fourth-order valence-electron chi connectivity index (χ4n) is 7.69. The van der Waals surface area contributed by atoms with Crippen LogP contribution in [0.4, 0.5) is 17.1 Å². The average molecular weight is 635 g/mol. The molecule has 0 bridgehead atoms. The number of oxazole rings is 1. The first-order chi connectivity index (χ1) is 23.5. The van der Waals surface area contributed by atoms with Crippen LogP contribution in [-0.2, 0) is 5.41 Å². The lowest BCUT2D eigenvalue weighted by Gasteiger charge is -2.27. The fourth-order valence-corrected chi connectivity index (χ4v) is 8.83. The third-order valence-electron chi connectivity index (χ3n) is 10.1. The summed E-state index contributed by atoms with van der Waals surface area (Å²) in [6.07, 6.45) is 0. The topological polar surface area (TPSA) is 29.3 Å². The Hall–Kier alpha value is -5.71. The molecule has 0 amide bonds. The van der Waals surface area contributed by atoms with E-state index in [9.17, 15) is 0 Å². The Kier molecular flexibility index (Phi) is 5.79. The standard InChI is InChI=1S/C44H30N2OS/c1-44(2)37-14-8-6-12-33(37)36-25-30(19-22-38(36)44)46(31-18-21-35-34-13-7-9-15-40(34)48-41(35)26-31)29-17-20-32-28(24-29)16-23-39-42(32)47-43(45-39)27-10-4-3-5-11-27/h3-26H,1-2H3. The molecular weight excluding hydrogens is 605 g/mol. The zero-order chi connectivity index (χ0) is 32.0. The van der Waals surface area contributed by atoms with E-state index in [1.54, 1.807) is 0 Å². The maximum Gasteiger partial charge on any atom is 0.227 e. The maximum atomic E-state index is 6.39. The van der Waals surface area contributed by atoms with Gasteiger partial charge in [0.2, 0.25) is 5.89 Å². The van der Waals surface area contributed by atoms with Gasteiger partial charge in [-0.15, -0.1) is 11.3 Å². The summed E-state index contributed by atoms with van der Waals surface area (Å²) < 4.78 is 8.98. The van der Waals surface area contributed by atoms with Gasteiger partial charge in [0, 0.05) is 53.6 Å². The van der Waals surface area contributed by atoms with Crippen molar-refractivity contribution in [2.24, 2.45) is 0 Å². The summed E-state index contributed by atoms with van der Waals surface area (Å²) in [4.78, 5) is 7.22. The van der Waals surface area contributed by atoms with Crippen LogP contribution in [0.1, 0.15) is 25.0 Å². The van der Waals surface area contributed by atoms with Crippen molar-refractivity contribution in [3.8, 4) is 22.6 Å². The number of hydrogen-bond acceptors (Lipinski definition) is 4. The van der Waals surface area contributed by atoms with Crippen LogP contribution < -0.4 is 4.90 Å². The minimum absolute atomic E-state index is 0.0464. The molecule has 0 unspecified atom stereocenters. The monoisotopic (exact) mass is 634 g/mol. The van der Waals surface area contributed by atoms with Gasteiger partial charge in [0.1, 0.15) is 5.52 Å². The predicted octanol–water partition coefficient (Wildman–Crippen LogP) is 12.8. The predicted molar refractivity (Wildman–Crippen MR) is 202 cm³/mol. The summed E-state index contributed by atoms with van der Waals surface area (Å²) in [5, 5.41) is 4.76. The first-order valence-corrected chi connectivity index (χ1v) is 17.2. The van der Waals surface area contributed by atoms with Gasteiger partial charge in [-0.05, 0) is 94.4 Å². The number of thiophene rings is 1. The van der Waals surface area contributed by atoms with Gasteiger partial charge >= 0.3 is 0 Å². The van der Waals surface area contributed by atoms with Crippen LogP contribution in [0.5, 0.6) is 0 Å². The van der Waals surface area contributed by atoms with Crippen molar-refractivity contribution in [1.82, 2.24) is 4.98 Å². The molecule has 0 atom stereocenters. The third kappa shape index (κ3) is 4.03.